The number of aromatic amines is 1. The molecule has 14 heavy (non-hydrogen) atoms. The van der Waals surface area contributed by atoms with Crippen molar-refractivity contribution < 1.29 is 0 Å². The van der Waals surface area contributed by atoms with E-state index < -0.39 is 0 Å². The molecule has 0 saturated heterocycles. The van der Waals surface area contributed by atoms with E-state index in [0.29, 0.717) is 0 Å². The largest absolute Gasteiger partial charge is 0.346 e. The summed E-state index contributed by atoms with van der Waals surface area (Å²) in [5, 5.41) is 0. The molecule has 0 fully saturated rings. The van der Waals surface area contributed by atoms with Crippen LogP contribution in [0.3, 0.4) is 0 Å². The van der Waals surface area contributed by atoms with Crippen LogP contribution < -0.4 is 0 Å². The van der Waals surface area contributed by atoms with Crippen LogP contribution in [0.4, 0.5) is 0 Å². The van der Waals surface area contributed by atoms with Gasteiger partial charge in [0.1, 0.15) is 5.82 Å². The summed E-state index contributed by atoms with van der Waals surface area (Å²) in [6, 6.07) is 0. The highest BCUT2D eigenvalue weighted by atomic mass is 14.9. The standard InChI is InChI=1S/C12H20N2/c1-2-3-4-9-12-13-10-7-5-6-8-11(10)14-12/h2-9H2,1H3,(H,13,14). The van der Waals surface area contributed by atoms with Crippen LogP contribution in [0.5, 0.6) is 0 Å². The molecule has 1 aromatic heterocycles. The van der Waals surface area contributed by atoms with Gasteiger partial charge in [-0.15, -0.1) is 0 Å². The van der Waals surface area contributed by atoms with Gasteiger partial charge in [-0.2, -0.15) is 0 Å². The van der Waals surface area contributed by atoms with Crippen LogP contribution in [-0.4, -0.2) is 9.97 Å². The van der Waals surface area contributed by atoms with Crippen LogP contribution in [0.15, 0.2) is 0 Å². The molecule has 1 aliphatic rings. The lowest BCUT2D eigenvalue weighted by molar-refractivity contribution is 0.667. The Bertz CT molecular complexity index is 265. The van der Waals surface area contributed by atoms with Crippen LogP contribution in [0.25, 0.3) is 0 Å². The number of rotatable bonds is 4. The lowest BCUT2D eigenvalue weighted by Gasteiger charge is -2.07. The maximum absolute atomic E-state index is 4.67. The van der Waals surface area contributed by atoms with E-state index in [0.717, 1.165) is 6.42 Å². The van der Waals surface area contributed by atoms with Crippen molar-refractivity contribution in [2.24, 2.45) is 0 Å². The number of aryl methyl sites for hydroxylation is 3. The molecule has 0 aromatic carbocycles. The first-order valence-electron chi connectivity index (χ1n) is 5.96. The normalized spacial score (nSPS) is 15.5. The second kappa shape index (κ2) is 4.63. The molecule has 0 bridgehead atoms. The summed E-state index contributed by atoms with van der Waals surface area (Å²) in [5.74, 6) is 1.23. The second-order valence-corrected chi connectivity index (χ2v) is 4.27. The van der Waals surface area contributed by atoms with E-state index in [4.69, 9.17) is 0 Å². The highest BCUT2D eigenvalue weighted by Crippen LogP contribution is 2.19. The van der Waals surface area contributed by atoms with Crippen molar-refractivity contribution in [1.29, 1.82) is 0 Å². The maximum Gasteiger partial charge on any atom is 0.106 e. The van der Waals surface area contributed by atoms with Gasteiger partial charge in [0.25, 0.3) is 0 Å². The lowest BCUT2D eigenvalue weighted by Crippen LogP contribution is -2.00. The van der Waals surface area contributed by atoms with Crippen molar-refractivity contribution in [3.63, 3.8) is 0 Å². The van der Waals surface area contributed by atoms with E-state index in [-0.39, 0.29) is 0 Å². The number of imidazole rings is 1. The third kappa shape index (κ3) is 2.17. The number of hydrogen-bond acceptors (Lipinski definition) is 1. The van der Waals surface area contributed by atoms with E-state index in [9.17, 15) is 0 Å². The third-order valence-electron chi connectivity index (χ3n) is 3.02. The van der Waals surface area contributed by atoms with Crippen LogP contribution in [0.2, 0.25) is 0 Å². The Balaban J connectivity index is 1.94. The van der Waals surface area contributed by atoms with Gasteiger partial charge < -0.3 is 4.98 Å². The van der Waals surface area contributed by atoms with Crippen molar-refractivity contribution in [1.82, 2.24) is 9.97 Å². The molecule has 1 aliphatic carbocycles. The van der Waals surface area contributed by atoms with Crippen molar-refractivity contribution in [2.45, 2.75) is 58.3 Å². The molecule has 78 valence electrons. The van der Waals surface area contributed by atoms with Crippen LogP contribution in [0.1, 0.15) is 56.2 Å². The first-order valence-corrected chi connectivity index (χ1v) is 5.96. The molecule has 0 spiro atoms. The minimum Gasteiger partial charge on any atom is -0.346 e. The number of nitrogens with zero attached hydrogens (tertiary/aromatic N) is 1. The van der Waals surface area contributed by atoms with Crippen molar-refractivity contribution >= 4 is 0 Å². The fraction of sp³-hybridized carbons (Fsp3) is 0.750. The zero-order chi connectivity index (χ0) is 9.80. The smallest absolute Gasteiger partial charge is 0.106 e. The van der Waals surface area contributed by atoms with Gasteiger partial charge in [-0.3, -0.25) is 0 Å². The monoisotopic (exact) mass is 192 g/mol. The molecule has 2 nitrogen and oxygen atoms in total. The number of hydrogen-bond donors (Lipinski definition) is 1. The molecule has 1 heterocycles. The third-order valence-corrected chi connectivity index (χ3v) is 3.02. The fourth-order valence-electron chi connectivity index (χ4n) is 2.17. The molecular weight excluding hydrogens is 172 g/mol. The molecule has 0 amide bonds. The predicted octanol–water partition coefficient (Wildman–Crippen LogP) is 3.02. The SMILES string of the molecule is CCCCCc1nc2c([nH]1)CCCC2. The quantitative estimate of drug-likeness (QED) is 0.730. The van der Waals surface area contributed by atoms with E-state index in [1.54, 1.807) is 0 Å². The van der Waals surface area contributed by atoms with Gasteiger partial charge in [0, 0.05) is 12.1 Å². The summed E-state index contributed by atoms with van der Waals surface area (Å²) in [5.41, 5.74) is 2.77. The Kier molecular flexibility index (Phi) is 3.22. The van der Waals surface area contributed by atoms with Gasteiger partial charge in [-0.1, -0.05) is 19.8 Å². The summed E-state index contributed by atoms with van der Waals surface area (Å²) < 4.78 is 0. The van der Waals surface area contributed by atoms with E-state index in [1.807, 2.05) is 0 Å². The Hall–Kier alpha value is -0.790. The summed E-state index contributed by atoms with van der Waals surface area (Å²) in [4.78, 5) is 8.15. The average molecular weight is 192 g/mol. The lowest BCUT2D eigenvalue weighted by atomic mass is 10.0. The molecule has 1 aromatic rings. The van der Waals surface area contributed by atoms with Crippen LogP contribution in [-0.2, 0) is 19.3 Å². The second-order valence-electron chi connectivity index (χ2n) is 4.27. The van der Waals surface area contributed by atoms with Gasteiger partial charge in [0.15, 0.2) is 0 Å². The minimum atomic E-state index is 1.14. The number of aromatic nitrogens is 2. The molecule has 0 saturated carbocycles. The summed E-state index contributed by atoms with van der Waals surface area (Å²) >= 11 is 0. The Morgan fingerprint density at radius 3 is 2.86 bits per heavy atom. The highest BCUT2D eigenvalue weighted by molar-refractivity contribution is 5.17. The first-order chi connectivity index (χ1) is 6.90. The zero-order valence-corrected chi connectivity index (χ0v) is 9.10. The van der Waals surface area contributed by atoms with Crippen molar-refractivity contribution in [3.05, 3.63) is 17.2 Å². The van der Waals surface area contributed by atoms with Gasteiger partial charge in [-0.25, -0.2) is 4.98 Å². The number of unbranched alkanes of at least 4 members (excludes halogenated alkanes) is 2. The zero-order valence-electron chi connectivity index (χ0n) is 9.10. The molecule has 0 unspecified atom stereocenters. The van der Waals surface area contributed by atoms with Crippen LogP contribution in [0, 0.1) is 0 Å². The van der Waals surface area contributed by atoms with Crippen molar-refractivity contribution in [2.75, 3.05) is 0 Å². The fourth-order valence-corrected chi connectivity index (χ4v) is 2.17. The van der Waals surface area contributed by atoms with Gasteiger partial charge in [0.2, 0.25) is 0 Å². The molecular formula is C12H20N2. The Morgan fingerprint density at radius 2 is 2.07 bits per heavy atom. The molecule has 2 heteroatoms. The molecule has 2 rings (SSSR count). The van der Waals surface area contributed by atoms with Gasteiger partial charge in [0.05, 0.1) is 5.69 Å². The molecule has 1 N–H and O–H groups in total. The summed E-state index contributed by atoms with van der Waals surface area (Å²) in [6.45, 7) is 2.24. The van der Waals surface area contributed by atoms with E-state index in [2.05, 4.69) is 16.9 Å². The maximum atomic E-state index is 4.67. The summed E-state index contributed by atoms with van der Waals surface area (Å²) in [6.07, 6.45) is 10.1. The Labute approximate surface area is 86.1 Å². The highest BCUT2D eigenvalue weighted by Gasteiger charge is 2.13. The number of fused-ring (bicyclic) bond motifs is 1. The first kappa shape index (κ1) is 9.75. The predicted molar refractivity (Wildman–Crippen MR) is 58.5 cm³/mol. The van der Waals surface area contributed by atoms with E-state index in [1.165, 1.54) is 62.2 Å². The Morgan fingerprint density at radius 1 is 1.21 bits per heavy atom. The molecule has 0 radical (unpaired) electrons. The van der Waals surface area contributed by atoms with Gasteiger partial charge in [-0.05, 0) is 32.1 Å². The van der Waals surface area contributed by atoms with E-state index >= 15 is 0 Å². The van der Waals surface area contributed by atoms with Crippen LogP contribution >= 0.6 is 0 Å². The van der Waals surface area contributed by atoms with Crippen molar-refractivity contribution in [3.8, 4) is 0 Å². The van der Waals surface area contributed by atoms with Gasteiger partial charge >= 0.3 is 0 Å². The molecule has 0 atom stereocenters. The summed E-state index contributed by atoms with van der Waals surface area (Å²) in [7, 11) is 0. The minimum absolute atomic E-state index is 1.14. The number of nitrogens with one attached hydrogen (secondary N) is 1. The number of H-pyrrole nitrogens is 1. The topological polar surface area (TPSA) is 28.7 Å². The molecule has 0 aliphatic heterocycles. The average Bonchev–Trinajstić information content (AvgIpc) is 2.60.